The number of ether oxygens (including phenoxy) is 2. The van der Waals surface area contributed by atoms with Crippen LogP contribution in [-0.2, 0) is 22.6 Å². The van der Waals surface area contributed by atoms with Gasteiger partial charge in [-0.05, 0) is 12.1 Å². The van der Waals surface area contributed by atoms with E-state index < -0.39 is 29.0 Å². The van der Waals surface area contributed by atoms with Crippen LogP contribution in [0.2, 0.25) is 0 Å². The Hall–Kier alpha value is -4.73. The minimum Gasteiger partial charge on any atom is -0.458 e. The lowest BCUT2D eigenvalue weighted by molar-refractivity contribution is 0.0503. The van der Waals surface area contributed by atoms with Gasteiger partial charge in [-0.15, -0.1) is 13.2 Å². The van der Waals surface area contributed by atoms with Gasteiger partial charge < -0.3 is 9.47 Å². The Morgan fingerprint density at radius 2 is 1.09 bits per heavy atom. The zero-order valence-electron chi connectivity index (χ0n) is 19.3. The number of allylic oxidation sites excluding steroid dienone is 2. The molecule has 0 fully saturated rings. The monoisotopic (exact) mass is 481 g/mol. The Kier molecular flexibility index (Phi) is 11.7. The molecule has 0 radical (unpaired) electrons. The summed E-state index contributed by atoms with van der Waals surface area (Å²) in [7, 11) is 0. The van der Waals surface area contributed by atoms with Crippen molar-refractivity contribution in [2.75, 3.05) is 13.2 Å². The van der Waals surface area contributed by atoms with E-state index in [9.17, 15) is 24.0 Å². The molecule has 184 valence electrons. The van der Waals surface area contributed by atoms with Crippen molar-refractivity contribution < 1.29 is 19.1 Å². The predicted octanol–water partition coefficient (Wildman–Crippen LogP) is 2.02. The van der Waals surface area contributed by atoms with Crippen molar-refractivity contribution in [1.82, 2.24) is 13.7 Å². The fraction of sp³-hybridized carbons (Fsp3) is 0.160. The third-order valence-corrected chi connectivity index (χ3v) is 4.17. The Labute approximate surface area is 201 Å². The molecule has 10 heteroatoms. The molecule has 0 aliphatic carbocycles. The molecule has 1 aromatic heterocycles. The lowest BCUT2D eigenvalue weighted by Crippen LogP contribution is -2.52. The molecule has 0 amide bonds. The number of benzene rings is 1. The summed E-state index contributed by atoms with van der Waals surface area (Å²) in [6, 6.07) is 6.31. The molecule has 0 atom stereocenters. The molecule has 0 aliphatic heterocycles. The van der Waals surface area contributed by atoms with Gasteiger partial charge in [0.1, 0.15) is 13.2 Å². The average molecular weight is 482 g/mol. The van der Waals surface area contributed by atoms with Gasteiger partial charge in [-0.3, -0.25) is 0 Å². The number of hydrogen-bond donors (Lipinski definition) is 0. The average Bonchev–Trinajstić information content (AvgIpc) is 2.87. The predicted molar refractivity (Wildman–Crippen MR) is 133 cm³/mol. The molecule has 0 saturated heterocycles. The third-order valence-electron chi connectivity index (χ3n) is 4.17. The molecule has 1 aromatic carbocycles. The lowest BCUT2D eigenvalue weighted by Gasteiger charge is -2.08. The Morgan fingerprint density at radius 3 is 1.40 bits per heavy atom. The standard InChI is InChI=1S/C14H14O4.C11H13N3O3/c1-3-9-17-13(15)11-7-5-6-8-12(11)14(16)18-10-4-2;1-4-7-13-9(15)12(6-3)10(16)14(8-5-2)11(13)17/h3-8H,1-2,9-10H2;4-6H,1-3,7-8H2. The van der Waals surface area contributed by atoms with Crippen LogP contribution < -0.4 is 17.1 Å². The number of rotatable bonds is 11. The highest BCUT2D eigenvalue weighted by Gasteiger charge is 2.18. The molecule has 0 aliphatic rings. The molecule has 0 bridgehead atoms. The van der Waals surface area contributed by atoms with Crippen LogP contribution in [0.1, 0.15) is 20.7 Å². The molecule has 0 unspecified atom stereocenters. The van der Waals surface area contributed by atoms with Crippen molar-refractivity contribution in [3.63, 3.8) is 0 Å². The van der Waals surface area contributed by atoms with Gasteiger partial charge >= 0.3 is 29.0 Å². The summed E-state index contributed by atoms with van der Waals surface area (Å²) >= 11 is 0. The largest absolute Gasteiger partial charge is 0.458 e. The second kappa shape index (κ2) is 14.4. The molecular weight excluding hydrogens is 454 g/mol. The Bertz CT molecular complexity index is 1200. The fourth-order valence-corrected chi connectivity index (χ4v) is 2.64. The van der Waals surface area contributed by atoms with Crippen molar-refractivity contribution in [2.45, 2.75) is 13.1 Å². The van der Waals surface area contributed by atoms with Crippen molar-refractivity contribution in [3.8, 4) is 0 Å². The summed E-state index contributed by atoms with van der Waals surface area (Å²) in [5.74, 6) is -1.16. The molecule has 2 rings (SSSR count). The first-order valence-corrected chi connectivity index (χ1v) is 10.2. The van der Waals surface area contributed by atoms with E-state index in [1.165, 1.54) is 36.4 Å². The smallest absolute Gasteiger partial charge is 0.340 e. The van der Waals surface area contributed by atoms with Crippen molar-refractivity contribution in [3.05, 3.63) is 124 Å². The summed E-state index contributed by atoms with van der Waals surface area (Å²) in [5, 5.41) is 0. The van der Waals surface area contributed by atoms with E-state index in [-0.39, 0.29) is 37.4 Å². The molecule has 2 aromatic rings. The second-order valence-electron chi connectivity index (χ2n) is 6.52. The normalized spacial score (nSPS) is 9.60. The molecule has 0 saturated carbocycles. The van der Waals surface area contributed by atoms with E-state index in [4.69, 9.17) is 9.47 Å². The quantitative estimate of drug-likeness (QED) is 0.356. The number of carbonyl (C=O) groups is 2. The zero-order valence-corrected chi connectivity index (χ0v) is 19.3. The van der Waals surface area contributed by atoms with Crippen LogP contribution in [-0.4, -0.2) is 38.9 Å². The number of esters is 2. The van der Waals surface area contributed by atoms with Gasteiger partial charge in [-0.25, -0.2) is 37.7 Å². The van der Waals surface area contributed by atoms with Crippen LogP contribution in [0, 0.1) is 0 Å². The van der Waals surface area contributed by atoms with Crippen molar-refractivity contribution >= 4 is 18.1 Å². The van der Waals surface area contributed by atoms with E-state index >= 15 is 0 Å². The second-order valence-corrected chi connectivity index (χ2v) is 6.52. The van der Waals surface area contributed by atoms with Gasteiger partial charge in [-0.1, -0.05) is 56.2 Å². The highest BCUT2D eigenvalue weighted by molar-refractivity contribution is 6.03. The van der Waals surface area contributed by atoms with Gasteiger partial charge in [0.25, 0.3) is 0 Å². The molecule has 0 N–H and O–H groups in total. The van der Waals surface area contributed by atoms with E-state index in [1.807, 2.05) is 0 Å². The Balaban J connectivity index is 0.000000351. The van der Waals surface area contributed by atoms with Crippen LogP contribution in [0.15, 0.2) is 95.8 Å². The first kappa shape index (κ1) is 28.3. The minimum absolute atomic E-state index is 0.0307. The van der Waals surface area contributed by atoms with Crippen molar-refractivity contribution in [2.24, 2.45) is 0 Å². The van der Waals surface area contributed by atoms with Crippen LogP contribution in [0.5, 0.6) is 0 Å². The fourth-order valence-electron chi connectivity index (χ4n) is 2.64. The lowest BCUT2D eigenvalue weighted by atomic mass is 10.1. The van der Waals surface area contributed by atoms with Gasteiger partial charge in [0, 0.05) is 6.20 Å². The molecule has 10 nitrogen and oxygen atoms in total. The maximum absolute atomic E-state index is 11.8. The zero-order chi connectivity index (χ0) is 26.4. The van der Waals surface area contributed by atoms with E-state index in [2.05, 4.69) is 32.9 Å². The van der Waals surface area contributed by atoms with Crippen molar-refractivity contribution in [1.29, 1.82) is 0 Å². The molecule has 35 heavy (non-hydrogen) atoms. The SMILES string of the molecule is C=CCOC(=O)c1ccccc1C(=O)OCC=C.C=CCn1c(=O)n(C=C)c(=O)n(CC=C)c1=O. The van der Waals surface area contributed by atoms with Crippen LogP contribution in [0.4, 0.5) is 0 Å². The summed E-state index contributed by atoms with van der Waals surface area (Å²) < 4.78 is 12.4. The molecule has 1 heterocycles. The van der Waals surface area contributed by atoms with Crippen LogP contribution in [0.3, 0.4) is 0 Å². The highest BCUT2D eigenvalue weighted by atomic mass is 16.5. The first-order chi connectivity index (χ1) is 16.8. The summed E-state index contributed by atoms with van der Waals surface area (Å²) in [6.07, 6.45) is 6.79. The van der Waals surface area contributed by atoms with Gasteiger partial charge in [0.2, 0.25) is 0 Å². The number of carbonyl (C=O) groups excluding carboxylic acids is 2. The number of nitrogens with zero attached hydrogens (tertiary/aromatic N) is 3. The van der Waals surface area contributed by atoms with E-state index in [0.717, 1.165) is 19.9 Å². The van der Waals surface area contributed by atoms with Gasteiger partial charge in [0.05, 0.1) is 24.2 Å². The topological polar surface area (TPSA) is 119 Å². The number of aromatic nitrogens is 3. The van der Waals surface area contributed by atoms with Crippen LogP contribution >= 0.6 is 0 Å². The third kappa shape index (κ3) is 7.39. The first-order valence-electron chi connectivity index (χ1n) is 10.2. The van der Waals surface area contributed by atoms with E-state index in [1.54, 1.807) is 12.1 Å². The van der Waals surface area contributed by atoms with E-state index in [0.29, 0.717) is 0 Å². The summed E-state index contributed by atoms with van der Waals surface area (Å²) in [4.78, 5) is 58.8. The summed E-state index contributed by atoms with van der Waals surface area (Å²) in [6.45, 7) is 17.4. The summed E-state index contributed by atoms with van der Waals surface area (Å²) in [5.41, 5.74) is -1.79. The maximum Gasteiger partial charge on any atom is 0.340 e. The molecular formula is C25H27N3O7. The maximum atomic E-state index is 11.8. The highest BCUT2D eigenvalue weighted by Crippen LogP contribution is 2.12. The number of hydrogen-bond acceptors (Lipinski definition) is 7. The van der Waals surface area contributed by atoms with Gasteiger partial charge in [-0.2, -0.15) is 0 Å². The molecule has 0 spiro atoms. The minimum atomic E-state index is -0.727. The van der Waals surface area contributed by atoms with Gasteiger partial charge in [0.15, 0.2) is 0 Å². The Morgan fingerprint density at radius 1 is 0.686 bits per heavy atom. The van der Waals surface area contributed by atoms with Crippen LogP contribution in [0.25, 0.3) is 6.20 Å².